The molecule has 16 heteroatoms. The predicted octanol–water partition coefficient (Wildman–Crippen LogP) is 3.22. The van der Waals surface area contributed by atoms with Crippen LogP contribution in [0.15, 0.2) is 24.5 Å². The number of nitrogens with one attached hydrogen (secondary N) is 1. The molecule has 0 amide bonds. The van der Waals surface area contributed by atoms with Crippen molar-refractivity contribution in [3.8, 4) is 0 Å². The summed E-state index contributed by atoms with van der Waals surface area (Å²) in [6.45, 7) is 19.4. The fourth-order valence-corrected chi connectivity index (χ4v) is 9.87. The molecule has 358 valence electrons. The van der Waals surface area contributed by atoms with Crippen molar-refractivity contribution >= 4 is 5.97 Å². The van der Waals surface area contributed by atoms with Crippen LogP contribution in [0.4, 0.5) is 0 Å². The number of carbonyl (C=O) groups excluding carboxylic acids is 1. The van der Waals surface area contributed by atoms with E-state index >= 15 is 0 Å². The number of nitrogens with zero attached hydrogens (tertiary/aromatic N) is 3. The molecule has 4 rings (SSSR count). The van der Waals surface area contributed by atoms with Gasteiger partial charge < -0.3 is 63.8 Å². The van der Waals surface area contributed by atoms with Crippen LogP contribution < -0.4 is 5.32 Å². The van der Waals surface area contributed by atoms with E-state index in [2.05, 4.69) is 15.2 Å². The van der Waals surface area contributed by atoms with E-state index in [-0.39, 0.29) is 36.8 Å². The Balaban J connectivity index is 1.73. The lowest BCUT2D eigenvalue weighted by atomic mass is 9.77. The first kappa shape index (κ1) is 52.7. The summed E-state index contributed by atoms with van der Waals surface area (Å²) in [7, 11) is 5.84. The Kier molecular flexibility index (Phi) is 19.6. The van der Waals surface area contributed by atoms with Crippen molar-refractivity contribution in [3.63, 3.8) is 0 Å². The van der Waals surface area contributed by atoms with Crippen LogP contribution in [0.5, 0.6) is 0 Å². The van der Waals surface area contributed by atoms with E-state index in [0.29, 0.717) is 44.5 Å². The van der Waals surface area contributed by atoms with Crippen molar-refractivity contribution in [2.24, 2.45) is 23.7 Å². The van der Waals surface area contributed by atoms with Crippen LogP contribution in [0.25, 0.3) is 0 Å². The first-order valence-corrected chi connectivity index (χ1v) is 22.9. The molecule has 3 saturated heterocycles. The minimum atomic E-state index is -1.80. The van der Waals surface area contributed by atoms with Crippen LogP contribution >= 0.6 is 0 Å². The Morgan fingerprint density at radius 3 is 2.27 bits per heavy atom. The third-order valence-electron chi connectivity index (χ3n) is 13.7. The number of esters is 1. The summed E-state index contributed by atoms with van der Waals surface area (Å²) in [5, 5.41) is 60.8. The molecule has 0 saturated carbocycles. The molecular weight excluding hydrogens is 801 g/mol. The maximum absolute atomic E-state index is 14.4. The van der Waals surface area contributed by atoms with Crippen LogP contribution in [0.2, 0.25) is 0 Å². The number of cyclic esters (lactones) is 1. The second-order valence-corrected chi connectivity index (χ2v) is 19.5. The largest absolute Gasteiger partial charge is 0.459 e. The summed E-state index contributed by atoms with van der Waals surface area (Å²) in [6.07, 6.45) is -3.58. The molecule has 3 aliphatic rings. The minimum absolute atomic E-state index is 0.119. The molecule has 0 bridgehead atoms. The molecule has 1 aromatic heterocycles. The molecule has 19 atom stereocenters. The number of aliphatic hydroxyl groups excluding tert-OH is 3. The zero-order valence-corrected chi connectivity index (χ0v) is 39.7. The van der Waals surface area contributed by atoms with Gasteiger partial charge in [0, 0.05) is 50.0 Å². The van der Waals surface area contributed by atoms with Crippen molar-refractivity contribution in [2.45, 2.75) is 192 Å². The van der Waals surface area contributed by atoms with Crippen LogP contribution in [0.3, 0.4) is 0 Å². The number of hydrogen-bond donors (Lipinski definition) is 6. The Morgan fingerprint density at radius 2 is 1.66 bits per heavy atom. The van der Waals surface area contributed by atoms with Gasteiger partial charge in [0.1, 0.15) is 30.1 Å². The van der Waals surface area contributed by atoms with Gasteiger partial charge in [-0.05, 0) is 124 Å². The van der Waals surface area contributed by atoms with Crippen molar-refractivity contribution in [3.05, 3.63) is 30.1 Å². The van der Waals surface area contributed by atoms with Gasteiger partial charge in [-0.1, -0.05) is 27.7 Å². The van der Waals surface area contributed by atoms with E-state index in [9.17, 15) is 30.3 Å². The number of carbonyl (C=O) groups is 1. The van der Waals surface area contributed by atoms with Crippen molar-refractivity contribution in [1.82, 2.24) is 20.1 Å². The molecule has 0 spiro atoms. The Bertz CT molecular complexity index is 1480. The summed E-state index contributed by atoms with van der Waals surface area (Å²) in [4.78, 5) is 22.5. The molecule has 0 radical (unpaired) electrons. The Hall–Kier alpha value is -1.90. The number of rotatable bonds is 13. The third-order valence-corrected chi connectivity index (χ3v) is 13.7. The summed E-state index contributed by atoms with van der Waals surface area (Å²) in [6, 6.07) is 2.85. The maximum atomic E-state index is 14.4. The number of pyridine rings is 1. The minimum Gasteiger partial charge on any atom is -0.459 e. The second kappa shape index (κ2) is 23.0. The lowest BCUT2D eigenvalue weighted by molar-refractivity contribution is -0.314. The number of hydrogen-bond acceptors (Lipinski definition) is 16. The number of ether oxygens (including phenoxy) is 6. The average Bonchev–Trinajstić information content (AvgIpc) is 3.21. The summed E-state index contributed by atoms with van der Waals surface area (Å²) in [5.74, 6) is -2.62. The highest BCUT2D eigenvalue weighted by atomic mass is 16.7. The topological polar surface area (TPSA) is 205 Å². The SMILES string of the molecule is CC[C@H]1OC(=O)C(C)[C@@H](O[C@H]2CC(C)[C@@H](O)C(C)O2)[C@H](C)[C@@H](OC2OC(C)C[C@H](N(C)C)[C@H]2OCCCNC(O)c2ccncc2)C(C)(O)C[C@@H](C)CN(C)[C@H](C)[C@@H](O)[C@]1(C)O. The lowest BCUT2D eigenvalue weighted by Gasteiger charge is -2.48. The summed E-state index contributed by atoms with van der Waals surface area (Å²) in [5.41, 5.74) is -2.62. The van der Waals surface area contributed by atoms with Crippen LogP contribution in [-0.4, -0.2) is 172 Å². The molecule has 16 nitrogen and oxygen atoms in total. The zero-order chi connectivity index (χ0) is 46.3. The first-order chi connectivity index (χ1) is 29.0. The van der Waals surface area contributed by atoms with Gasteiger partial charge >= 0.3 is 5.97 Å². The van der Waals surface area contributed by atoms with Gasteiger partial charge in [0.15, 0.2) is 12.6 Å². The Labute approximate surface area is 370 Å². The normalized spacial score (nSPS) is 42.8. The second-order valence-electron chi connectivity index (χ2n) is 19.5. The van der Waals surface area contributed by atoms with Crippen molar-refractivity contribution in [1.29, 1.82) is 0 Å². The van der Waals surface area contributed by atoms with Gasteiger partial charge in [0.05, 0.1) is 42.0 Å². The molecule has 7 unspecified atom stereocenters. The molecule has 0 aromatic carbocycles. The van der Waals surface area contributed by atoms with Gasteiger partial charge in [-0.25, -0.2) is 0 Å². The smallest absolute Gasteiger partial charge is 0.311 e. The number of aromatic nitrogens is 1. The van der Waals surface area contributed by atoms with Crippen LogP contribution in [0.1, 0.15) is 113 Å². The first-order valence-electron chi connectivity index (χ1n) is 22.9. The number of likely N-dealkylation sites (N-methyl/N-ethyl adjacent to an activating group) is 2. The van der Waals surface area contributed by atoms with Crippen molar-refractivity contribution in [2.75, 3.05) is 40.8 Å². The van der Waals surface area contributed by atoms with Crippen molar-refractivity contribution < 1.29 is 58.7 Å². The highest BCUT2D eigenvalue weighted by molar-refractivity contribution is 5.73. The molecule has 3 aliphatic heterocycles. The van der Waals surface area contributed by atoms with Gasteiger partial charge in [-0.3, -0.25) is 15.1 Å². The van der Waals surface area contributed by atoms with Gasteiger partial charge in [-0.15, -0.1) is 0 Å². The van der Waals surface area contributed by atoms with Gasteiger partial charge in [-0.2, -0.15) is 0 Å². The van der Waals surface area contributed by atoms with E-state index in [1.54, 1.807) is 52.2 Å². The molecule has 3 fully saturated rings. The predicted molar refractivity (Wildman–Crippen MR) is 233 cm³/mol. The third kappa shape index (κ3) is 13.4. The van der Waals surface area contributed by atoms with E-state index in [1.165, 1.54) is 6.92 Å². The quantitative estimate of drug-likeness (QED) is 0.0957. The highest BCUT2D eigenvalue weighted by Crippen LogP contribution is 2.39. The van der Waals surface area contributed by atoms with Gasteiger partial charge in [0.25, 0.3) is 0 Å². The fourth-order valence-electron chi connectivity index (χ4n) is 9.87. The Morgan fingerprint density at radius 1 is 1.00 bits per heavy atom. The van der Waals surface area contributed by atoms with Crippen LogP contribution in [-0.2, 0) is 33.2 Å². The van der Waals surface area contributed by atoms with E-state index in [0.717, 1.165) is 0 Å². The zero-order valence-electron chi connectivity index (χ0n) is 39.7. The van der Waals surface area contributed by atoms with Crippen LogP contribution in [0, 0.1) is 23.7 Å². The van der Waals surface area contributed by atoms with Gasteiger partial charge in [0.2, 0.25) is 0 Å². The molecular formula is C46H82N4O12. The molecule has 1 aromatic rings. The van der Waals surface area contributed by atoms with E-state index in [1.807, 2.05) is 60.7 Å². The average molecular weight is 883 g/mol. The maximum Gasteiger partial charge on any atom is 0.311 e. The fraction of sp³-hybridized carbons (Fsp3) is 0.870. The summed E-state index contributed by atoms with van der Waals surface area (Å²) >= 11 is 0. The highest BCUT2D eigenvalue weighted by Gasteiger charge is 2.51. The lowest BCUT2D eigenvalue weighted by Crippen LogP contribution is -2.60. The van der Waals surface area contributed by atoms with E-state index in [4.69, 9.17) is 28.4 Å². The molecule has 6 N–H and O–H groups in total. The summed E-state index contributed by atoms with van der Waals surface area (Å²) < 4.78 is 39.5. The monoisotopic (exact) mass is 883 g/mol. The molecule has 62 heavy (non-hydrogen) atoms. The number of aliphatic hydroxyl groups is 5. The molecule has 4 heterocycles. The molecule has 0 aliphatic carbocycles. The van der Waals surface area contributed by atoms with E-state index < -0.39 is 96.6 Å². The standard InChI is InChI=1S/C46H82N4O12/c1-14-35-46(10,56)40(52)31(7)50(13)25-26(2)24-45(9,55)41(29(5)38(30(6)43(54)60-35)61-36-22-27(3)37(51)32(8)59-36)62-44-39(34(49(11)12)23-28(4)58-44)57-21-15-18-48-42(53)33-16-19-47-20-17-33/h16-17,19-20,26-32,34-42,44,48,51-53,55-56H,14-15,18,21-25H2,1-13H3/t26-,27?,28?,29+,30?,31-,32?,34+,35-,36+,37-,38+,39-,40-,41-,42?,44?,45?,46-/m1/s1.